The molecule has 240 valence electrons. The quantitative estimate of drug-likeness (QED) is 0.179. The Bertz CT molecular complexity index is 2850. The number of nitrogens with zero attached hydrogens (tertiary/aromatic N) is 1. The second-order valence-electron chi connectivity index (χ2n) is 12.8. The molecule has 2 aromatic heterocycles. The fourth-order valence-electron chi connectivity index (χ4n) is 7.55. The van der Waals surface area contributed by atoms with Crippen LogP contribution in [0.5, 0.6) is 0 Å². The standard InChI is InChI=1S/C48H31NO2/c1-3-14-32(15-4-1)36-18-7-10-23-42(36)49(35-28-26-34(27-29-35)38-21-13-22-40-39-19-8-11-24-44(39)50-47(38)40)43-31-30-37(33-16-5-2-6-17-33)46-41-20-9-12-25-45(41)51-48(43)46/h1-31H. The Labute approximate surface area is 295 Å². The molecule has 0 aliphatic carbocycles. The Morgan fingerprint density at radius 1 is 0.314 bits per heavy atom. The van der Waals surface area contributed by atoms with Crippen molar-refractivity contribution in [2.45, 2.75) is 0 Å². The number of hydrogen-bond acceptors (Lipinski definition) is 3. The Morgan fingerprint density at radius 2 is 0.863 bits per heavy atom. The Hall–Kier alpha value is -6.84. The van der Waals surface area contributed by atoms with E-state index in [0.29, 0.717) is 0 Å². The van der Waals surface area contributed by atoms with Gasteiger partial charge in [0.1, 0.15) is 16.7 Å². The summed E-state index contributed by atoms with van der Waals surface area (Å²) < 4.78 is 13.3. The summed E-state index contributed by atoms with van der Waals surface area (Å²) in [4.78, 5) is 2.34. The van der Waals surface area contributed by atoms with E-state index in [1.807, 2.05) is 18.2 Å². The lowest BCUT2D eigenvalue weighted by atomic mass is 9.97. The predicted octanol–water partition coefficient (Wildman–Crippen LogP) is 14.0. The van der Waals surface area contributed by atoms with Crippen molar-refractivity contribution in [1.82, 2.24) is 0 Å². The fraction of sp³-hybridized carbons (Fsp3) is 0. The van der Waals surface area contributed by atoms with E-state index in [-0.39, 0.29) is 0 Å². The van der Waals surface area contributed by atoms with E-state index in [0.717, 1.165) is 94.3 Å². The highest BCUT2D eigenvalue weighted by atomic mass is 16.3. The molecule has 51 heavy (non-hydrogen) atoms. The largest absolute Gasteiger partial charge is 0.455 e. The molecular weight excluding hydrogens is 623 g/mol. The van der Waals surface area contributed by atoms with Crippen LogP contribution in [0.15, 0.2) is 197 Å². The van der Waals surface area contributed by atoms with Crippen LogP contribution >= 0.6 is 0 Å². The summed E-state index contributed by atoms with van der Waals surface area (Å²) in [5.74, 6) is 0. The molecule has 0 unspecified atom stereocenters. The number of furan rings is 2. The van der Waals surface area contributed by atoms with Gasteiger partial charge in [-0.2, -0.15) is 0 Å². The van der Waals surface area contributed by atoms with Gasteiger partial charge in [-0.25, -0.2) is 0 Å². The van der Waals surface area contributed by atoms with Gasteiger partial charge in [-0.1, -0.05) is 152 Å². The monoisotopic (exact) mass is 653 g/mol. The minimum atomic E-state index is 0.844. The van der Waals surface area contributed by atoms with Crippen LogP contribution in [0.4, 0.5) is 17.1 Å². The first-order valence-electron chi connectivity index (χ1n) is 17.3. The van der Waals surface area contributed by atoms with Crippen LogP contribution in [0.1, 0.15) is 0 Å². The zero-order chi connectivity index (χ0) is 33.7. The molecule has 3 heteroatoms. The molecule has 0 aliphatic heterocycles. The molecule has 0 saturated heterocycles. The van der Waals surface area contributed by atoms with E-state index in [1.165, 1.54) is 0 Å². The molecule has 0 N–H and O–H groups in total. The zero-order valence-corrected chi connectivity index (χ0v) is 27.7. The molecule has 0 amide bonds. The molecule has 0 spiro atoms. The van der Waals surface area contributed by atoms with Crippen LogP contribution in [0.2, 0.25) is 0 Å². The van der Waals surface area contributed by atoms with Crippen LogP contribution in [0, 0.1) is 0 Å². The van der Waals surface area contributed by atoms with E-state index < -0.39 is 0 Å². The topological polar surface area (TPSA) is 29.5 Å². The third-order valence-corrected chi connectivity index (χ3v) is 9.90. The van der Waals surface area contributed by atoms with Gasteiger partial charge in [0.15, 0.2) is 5.58 Å². The van der Waals surface area contributed by atoms with Gasteiger partial charge in [0.05, 0.1) is 11.4 Å². The molecule has 0 fully saturated rings. The molecule has 8 aromatic carbocycles. The molecule has 0 bridgehead atoms. The van der Waals surface area contributed by atoms with Gasteiger partial charge in [0, 0.05) is 38.4 Å². The number of rotatable bonds is 6. The van der Waals surface area contributed by atoms with Crippen LogP contribution in [-0.2, 0) is 0 Å². The molecule has 0 atom stereocenters. The number of para-hydroxylation sites is 4. The molecule has 10 rings (SSSR count). The summed E-state index contributed by atoms with van der Waals surface area (Å²) in [6.07, 6.45) is 0. The number of benzene rings is 8. The molecule has 0 saturated carbocycles. The third-order valence-electron chi connectivity index (χ3n) is 9.90. The van der Waals surface area contributed by atoms with E-state index >= 15 is 0 Å². The first-order chi connectivity index (χ1) is 25.3. The lowest BCUT2D eigenvalue weighted by Gasteiger charge is -2.28. The van der Waals surface area contributed by atoms with E-state index in [9.17, 15) is 0 Å². The van der Waals surface area contributed by atoms with Crippen LogP contribution in [0.25, 0.3) is 77.3 Å². The highest BCUT2D eigenvalue weighted by Crippen LogP contribution is 2.48. The Morgan fingerprint density at radius 3 is 1.63 bits per heavy atom. The molecule has 10 aromatic rings. The zero-order valence-electron chi connectivity index (χ0n) is 27.7. The lowest BCUT2D eigenvalue weighted by Crippen LogP contribution is -2.11. The predicted molar refractivity (Wildman–Crippen MR) is 212 cm³/mol. The SMILES string of the molecule is c1ccc(-c2ccccc2N(c2ccc(-c3cccc4c3oc3ccccc34)cc2)c2ccc(-c3ccccc3)c3c2oc2ccccc23)cc1. The van der Waals surface area contributed by atoms with Gasteiger partial charge in [-0.05, 0) is 58.7 Å². The summed E-state index contributed by atoms with van der Waals surface area (Å²) in [6.45, 7) is 0. The first kappa shape index (κ1) is 29.1. The van der Waals surface area contributed by atoms with Crippen molar-refractivity contribution in [3.05, 3.63) is 188 Å². The van der Waals surface area contributed by atoms with Gasteiger partial charge in [-0.15, -0.1) is 0 Å². The molecular formula is C48H31NO2. The van der Waals surface area contributed by atoms with Gasteiger partial charge in [0.2, 0.25) is 0 Å². The van der Waals surface area contributed by atoms with E-state index in [4.69, 9.17) is 8.83 Å². The fourth-order valence-corrected chi connectivity index (χ4v) is 7.55. The summed E-state index contributed by atoms with van der Waals surface area (Å²) in [5, 5.41) is 4.45. The average molecular weight is 654 g/mol. The van der Waals surface area contributed by atoms with E-state index in [1.54, 1.807) is 0 Å². The number of hydrogen-bond donors (Lipinski definition) is 0. The summed E-state index contributed by atoms with van der Waals surface area (Å²) in [6, 6.07) is 66.0. The maximum atomic E-state index is 6.83. The van der Waals surface area contributed by atoms with Gasteiger partial charge < -0.3 is 13.7 Å². The minimum absolute atomic E-state index is 0.844. The second kappa shape index (κ2) is 11.9. The molecule has 0 radical (unpaired) electrons. The Kier molecular flexibility index (Phi) is 6.81. The van der Waals surface area contributed by atoms with Crippen molar-refractivity contribution >= 4 is 60.9 Å². The van der Waals surface area contributed by atoms with Crippen LogP contribution in [-0.4, -0.2) is 0 Å². The Balaban J connectivity index is 1.21. The average Bonchev–Trinajstić information content (AvgIpc) is 3.79. The van der Waals surface area contributed by atoms with Crippen molar-refractivity contribution in [2.24, 2.45) is 0 Å². The first-order valence-corrected chi connectivity index (χ1v) is 17.3. The van der Waals surface area contributed by atoms with Gasteiger partial charge in [0.25, 0.3) is 0 Å². The maximum Gasteiger partial charge on any atom is 0.160 e. The highest BCUT2D eigenvalue weighted by molar-refractivity contribution is 6.17. The lowest BCUT2D eigenvalue weighted by molar-refractivity contribution is 0.669. The molecule has 2 heterocycles. The molecule has 3 nitrogen and oxygen atoms in total. The second-order valence-corrected chi connectivity index (χ2v) is 12.8. The third kappa shape index (κ3) is 4.82. The summed E-state index contributed by atoms with van der Waals surface area (Å²) in [5.41, 5.74) is 13.3. The maximum absolute atomic E-state index is 6.83. The van der Waals surface area contributed by atoms with Gasteiger partial charge in [-0.3, -0.25) is 0 Å². The van der Waals surface area contributed by atoms with Gasteiger partial charge >= 0.3 is 0 Å². The van der Waals surface area contributed by atoms with Crippen molar-refractivity contribution < 1.29 is 8.83 Å². The smallest absolute Gasteiger partial charge is 0.160 e. The van der Waals surface area contributed by atoms with Crippen LogP contribution < -0.4 is 4.90 Å². The number of fused-ring (bicyclic) bond motifs is 6. The normalized spacial score (nSPS) is 11.5. The van der Waals surface area contributed by atoms with E-state index in [2.05, 4.69) is 175 Å². The molecule has 0 aliphatic rings. The van der Waals surface area contributed by atoms with Crippen molar-refractivity contribution in [2.75, 3.05) is 4.90 Å². The minimum Gasteiger partial charge on any atom is -0.455 e. The van der Waals surface area contributed by atoms with Crippen molar-refractivity contribution in [3.8, 4) is 33.4 Å². The highest BCUT2D eigenvalue weighted by Gasteiger charge is 2.24. The number of anilines is 3. The van der Waals surface area contributed by atoms with Crippen molar-refractivity contribution in [1.29, 1.82) is 0 Å². The summed E-state index contributed by atoms with van der Waals surface area (Å²) in [7, 11) is 0. The van der Waals surface area contributed by atoms with Crippen molar-refractivity contribution in [3.63, 3.8) is 0 Å². The summed E-state index contributed by atoms with van der Waals surface area (Å²) >= 11 is 0. The van der Waals surface area contributed by atoms with Crippen LogP contribution in [0.3, 0.4) is 0 Å².